The summed E-state index contributed by atoms with van der Waals surface area (Å²) in [6.45, 7) is 8.03. The molecule has 0 N–H and O–H groups in total. The standard InChI is InChI=1S/C15H28N6O2S/c1-4-19(5-2)24(22,23)21-9-6-7-13(21)15-17-16-14-8-10-18(3)11-12-20(14)15/h13H,4-12H2,1-3H3/t13-/m1/s1. The van der Waals surface area contributed by atoms with Crippen LogP contribution in [0.15, 0.2) is 0 Å². The molecule has 0 saturated carbocycles. The summed E-state index contributed by atoms with van der Waals surface area (Å²) in [5.41, 5.74) is 0. The number of fused-ring (bicyclic) bond motifs is 1. The zero-order valence-corrected chi connectivity index (χ0v) is 15.7. The van der Waals surface area contributed by atoms with E-state index in [2.05, 4.69) is 26.7 Å². The normalized spacial score (nSPS) is 23.6. The van der Waals surface area contributed by atoms with Crippen LogP contribution in [-0.2, 0) is 23.2 Å². The molecule has 3 heterocycles. The van der Waals surface area contributed by atoms with E-state index in [1.807, 2.05) is 13.8 Å². The van der Waals surface area contributed by atoms with Gasteiger partial charge in [0.25, 0.3) is 10.2 Å². The zero-order chi connectivity index (χ0) is 17.3. The summed E-state index contributed by atoms with van der Waals surface area (Å²) in [5, 5.41) is 8.74. The molecule has 2 aliphatic heterocycles. The van der Waals surface area contributed by atoms with Crippen molar-refractivity contribution in [2.75, 3.05) is 39.8 Å². The van der Waals surface area contributed by atoms with Gasteiger partial charge in [0.05, 0.1) is 6.04 Å². The third-order valence-corrected chi connectivity index (χ3v) is 7.31. The van der Waals surface area contributed by atoms with Gasteiger partial charge >= 0.3 is 0 Å². The van der Waals surface area contributed by atoms with Crippen LogP contribution in [0.25, 0.3) is 0 Å². The fraction of sp³-hybridized carbons (Fsp3) is 0.867. The first-order valence-electron chi connectivity index (χ1n) is 8.86. The van der Waals surface area contributed by atoms with Gasteiger partial charge in [-0.3, -0.25) is 0 Å². The van der Waals surface area contributed by atoms with Crippen molar-refractivity contribution in [2.45, 2.75) is 45.7 Å². The Labute approximate surface area is 144 Å². The van der Waals surface area contributed by atoms with Crippen LogP contribution in [0, 0.1) is 0 Å². The number of rotatable bonds is 5. The molecule has 1 fully saturated rings. The molecule has 136 valence electrons. The minimum Gasteiger partial charge on any atom is -0.312 e. The van der Waals surface area contributed by atoms with Crippen LogP contribution in [0.2, 0.25) is 0 Å². The second-order valence-electron chi connectivity index (χ2n) is 6.54. The molecule has 0 spiro atoms. The molecular weight excluding hydrogens is 328 g/mol. The van der Waals surface area contributed by atoms with Gasteiger partial charge in [0, 0.05) is 45.7 Å². The summed E-state index contributed by atoms with van der Waals surface area (Å²) >= 11 is 0. The van der Waals surface area contributed by atoms with Crippen molar-refractivity contribution in [3.63, 3.8) is 0 Å². The molecule has 0 unspecified atom stereocenters. The van der Waals surface area contributed by atoms with Crippen LogP contribution in [-0.4, -0.2) is 76.5 Å². The summed E-state index contributed by atoms with van der Waals surface area (Å²) in [5.74, 6) is 1.79. The molecule has 0 aliphatic carbocycles. The third-order valence-electron chi connectivity index (χ3n) is 5.11. The molecule has 0 aromatic carbocycles. The van der Waals surface area contributed by atoms with E-state index in [9.17, 15) is 8.42 Å². The van der Waals surface area contributed by atoms with E-state index in [4.69, 9.17) is 0 Å². The molecule has 24 heavy (non-hydrogen) atoms. The van der Waals surface area contributed by atoms with Crippen LogP contribution < -0.4 is 0 Å². The van der Waals surface area contributed by atoms with E-state index in [-0.39, 0.29) is 6.04 Å². The summed E-state index contributed by atoms with van der Waals surface area (Å²) < 4.78 is 31.3. The number of aromatic nitrogens is 3. The van der Waals surface area contributed by atoms with Gasteiger partial charge < -0.3 is 9.47 Å². The van der Waals surface area contributed by atoms with Crippen molar-refractivity contribution in [2.24, 2.45) is 0 Å². The van der Waals surface area contributed by atoms with E-state index in [0.29, 0.717) is 19.6 Å². The molecule has 1 aromatic heterocycles. The van der Waals surface area contributed by atoms with Gasteiger partial charge in [0.1, 0.15) is 5.82 Å². The maximum absolute atomic E-state index is 13.0. The molecule has 0 radical (unpaired) electrons. The first-order chi connectivity index (χ1) is 11.5. The second-order valence-corrected chi connectivity index (χ2v) is 8.42. The monoisotopic (exact) mass is 356 g/mol. The van der Waals surface area contributed by atoms with E-state index in [0.717, 1.165) is 50.5 Å². The Kier molecular flexibility index (Phi) is 5.24. The second kappa shape index (κ2) is 7.07. The van der Waals surface area contributed by atoms with Crippen molar-refractivity contribution in [1.82, 2.24) is 28.3 Å². The zero-order valence-electron chi connectivity index (χ0n) is 14.8. The SMILES string of the molecule is CCN(CC)S(=O)(=O)N1CCC[C@@H]1c1nnc2n1CCN(C)CC2. The minimum absolute atomic E-state index is 0.194. The molecular formula is C15H28N6O2S. The Balaban J connectivity index is 1.91. The van der Waals surface area contributed by atoms with Crippen molar-refractivity contribution >= 4 is 10.2 Å². The maximum Gasteiger partial charge on any atom is 0.282 e. The van der Waals surface area contributed by atoms with Gasteiger partial charge in [-0.1, -0.05) is 13.8 Å². The van der Waals surface area contributed by atoms with Gasteiger partial charge in [0.2, 0.25) is 0 Å². The van der Waals surface area contributed by atoms with Crippen molar-refractivity contribution in [1.29, 1.82) is 0 Å². The van der Waals surface area contributed by atoms with Crippen LogP contribution >= 0.6 is 0 Å². The molecule has 2 aliphatic rings. The third kappa shape index (κ3) is 3.10. The van der Waals surface area contributed by atoms with Gasteiger partial charge in [-0.25, -0.2) is 0 Å². The highest BCUT2D eigenvalue weighted by Gasteiger charge is 2.40. The number of hydrogen-bond donors (Lipinski definition) is 0. The summed E-state index contributed by atoms with van der Waals surface area (Å²) in [7, 11) is -1.34. The average Bonchev–Trinajstić information content (AvgIpc) is 3.14. The van der Waals surface area contributed by atoms with E-state index in [1.165, 1.54) is 4.31 Å². The van der Waals surface area contributed by atoms with Crippen molar-refractivity contribution in [3.05, 3.63) is 11.6 Å². The highest BCUT2D eigenvalue weighted by atomic mass is 32.2. The predicted octanol–water partition coefficient (Wildman–Crippen LogP) is 0.490. The van der Waals surface area contributed by atoms with Gasteiger partial charge in [0.15, 0.2) is 5.82 Å². The molecule has 1 aromatic rings. The molecule has 3 rings (SSSR count). The fourth-order valence-corrected chi connectivity index (χ4v) is 5.50. The van der Waals surface area contributed by atoms with Crippen LogP contribution in [0.5, 0.6) is 0 Å². The predicted molar refractivity (Wildman–Crippen MR) is 91.7 cm³/mol. The van der Waals surface area contributed by atoms with Crippen LogP contribution in [0.1, 0.15) is 44.4 Å². The number of hydrogen-bond acceptors (Lipinski definition) is 5. The first kappa shape index (κ1) is 17.8. The highest BCUT2D eigenvalue weighted by molar-refractivity contribution is 7.86. The molecule has 8 nitrogen and oxygen atoms in total. The fourth-order valence-electron chi connectivity index (χ4n) is 3.67. The Morgan fingerprint density at radius 3 is 2.58 bits per heavy atom. The maximum atomic E-state index is 13.0. The van der Waals surface area contributed by atoms with Crippen molar-refractivity contribution < 1.29 is 8.42 Å². The lowest BCUT2D eigenvalue weighted by atomic mass is 10.2. The molecule has 1 saturated heterocycles. The summed E-state index contributed by atoms with van der Waals surface area (Å²) in [4.78, 5) is 2.28. The quantitative estimate of drug-likeness (QED) is 0.768. The summed E-state index contributed by atoms with van der Waals surface area (Å²) in [6.07, 6.45) is 2.54. The van der Waals surface area contributed by atoms with E-state index >= 15 is 0 Å². The minimum atomic E-state index is -3.45. The molecule has 0 bridgehead atoms. The lowest BCUT2D eigenvalue weighted by Gasteiger charge is -2.29. The number of nitrogens with zero attached hydrogens (tertiary/aromatic N) is 6. The Morgan fingerprint density at radius 1 is 1.12 bits per heavy atom. The Morgan fingerprint density at radius 2 is 1.88 bits per heavy atom. The Hall–Kier alpha value is -1.03. The Bertz CT molecular complexity index is 670. The van der Waals surface area contributed by atoms with Crippen LogP contribution in [0.4, 0.5) is 0 Å². The van der Waals surface area contributed by atoms with Crippen LogP contribution in [0.3, 0.4) is 0 Å². The topological polar surface area (TPSA) is 74.6 Å². The molecule has 0 amide bonds. The van der Waals surface area contributed by atoms with Crippen molar-refractivity contribution in [3.8, 4) is 0 Å². The van der Waals surface area contributed by atoms with Gasteiger partial charge in [-0.2, -0.15) is 17.0 Å². The highest BCUT2D eigenvalue weighted by Crippen LogP contribution is 2.35. The summed E-state index contributed by atoms with van der Waals surface area (Å²) in [6, 6.07) is -0.194. The molecule has 1 atom stereocenters. The lowest BCUT2D eigenvalue weighted by molar-refractivity contribution is 0.315. The first-order valence-corrected chi connectivity index (χ1v) is 10.3. The van der Waals surface area contributed by atoms with Gasteiger partial charge in [-0.05, 0) is 19.9 Å². The largest absolute Gasteiger partial charge is 0.312 e. The number of likely N-dealkylation sites (N-methyl/N-ethyl adjacent to an activating group) is 1. The van der Waals surface area contributed by atoms with E-state index in [1.54, 1.807) is 4.31 Å². The van der Waals surface area contributed by atoms with E-state index < -0.39 is 10.2 Å². The van der Waals surface area contributed by atoms with Gasteiger partial charge in [-0.15, -0.1) is 10.2 Å². The molecule has 9 heteroatoms. The average molecular weight is 356 g/mol. The smallest absolute Gasteiger partial charge is 0.282 e. The lowest BCUT2D eigenvalue weighted by Crippen LogP contribution is -2.43.